The van der Waals surface area contributed by atoms with E-state index < -0.39 is 6.04 Å². The van der Waals surface area contributed by atoms with Gasteiger partial charge in [-0.3, -0.25) is 19.8 Å². The van der Waals surface area contributed by atoms with Crippen LogP contribution in [0.25, 0.3) is 0 Å². The van der Waals surface area contributed by atoms with Gasteiger partial charge in [-0.15, -0.1) is 0 Å². The van der Waals surface area contributed by atoms with Crippen molar-refractivity contribution in [2.45, 2.75) is 57.4 Å². The van der Waals surface area contributed by atoms with Crippen LogP contribution in [-0.2, 0) is 9.59 Å². The summed E-state index contributed by atoms with van der Waals surface area (Å²) < 4.78 is 14.8. The van der Waals surface area contributed by atoms with Gasteiger partial charge in [0.25, 0.3) is 0 Å². The highest BCUT2D eigenvalue weighted by atomic mass is 19.1. The smallest absolute Gasteiger partial charge is 0.249 e. The Morgan fingerprint density at radius 2 is 1.80 bits per heavy atom. The van der Waals surface area contributed by atoms with Gasteiger partial charge < -0.3 is 10.2 Å². The third kappa shape index (κ3) is 5.31. The van der Waals surface area contributed by atoms with E-state index in [1.54, 1.807) is 6.07 Å². The monoisotopic (exact) mass is 416 g/mol. The second kappa shape index (κ2) is 9.77. The molecule has 0 bridgehead atoms. The number of hydrogen-bond donors (Lipinski definition) is 2. The molecule has 2 amide bonds. The molecule has 3 fully saturated rings. The first kappa shape index (κ1) is 21.1. The summed E-state index contributed by atoms with van der Waals surface area (Å²) >= 11 is 0. The van der Waals surface area contributed by atoms with Crippen LogP contribution in [0.1, 0.15) is 51.4 Å². The molecule has 164 valence electrons. The maximum Gasteiger partial charge on any atom is 0.249 e. The number of carbonyl (C=O) groups is 2. The second-order valence-corrected chi connectivity index (χ2v) is 8.94. The van der Waals surface area contributed by atoms with Crippen LogP contribution in [0.2, 0.25) is 0 Å². The average molecular weight is 417 g/mol. The normalized spacial score (nSPS) is 24.0. The summed E-state index contributed by atoms with van der Waals surface area (Å²) in [5.74, 6) is 0.0270. The van der Waals surface area contributed by atoms with Gasteiger partial charge in [0.15, 0.2) is 0 Å². The van der Waals surface area contributed by atoms with Gasteiger partial charge in [0, 0.05) is 38.3 Å². The predicted octanol–water partition coefficient (Wildman–Crippen LogP) is 3.14. The predicted molar refractivity (Wildman–Crippen MR) is 116 cm³/mol. The number of imide groups is 1. The van der Waals surface area contributed by atoms with E-state index in [1.165, 1.54) is 44.6 Å². The summed E-state index contributed by atoms with van der Waals surface area (Å²) in [6, 6.07) is 4.56. The van der Waals surface area contributed by atoms with Crippen molar-refractivity contribution < 1.29 is 14.0 Å². The van der Waals surface area contributed by atoms with E-state index in [0.29, 0.717) is 24.2 Å². The highest BCUT2D eigenvalue weighted by molar-refractivity contribution is 6.01. The number of anilines is 2. The van der Waals surface area contributed by atoms with Crippen LogP contribution in [0.3, 0.4) is 0 Å². The first-order chi connectivity index (χ1) is 14.6. The average Bonchev–Trinajstić information content (AvgIpc) is 2.76. The van der Waals surface area contributed by atoms with Crippen molar-refractivity contribution in [3.8, 4) is 0 Å². The largest absolute Gasteiger partial charge is 0.374 e. The fourth-order valence-corrected chi connectivity index (χ4v) is 4.94. The summed E-state index contributed by atoms with van der Waals surface area (Å²) in [6.07, 6.45) is 9.01. The molecule has 3 aliphatic rings. The number of nitrogens with one attached hydrogen (secondary N) is 2. The van der Waals surface area contributed by atoms with E-state index in [9.17, 15) is 14.0 Å². The number of carbonyl (C=O) groups excluding carboxylic acids is 2. The van der Waals surface area contributed by atoms with Crippen LogP contribution < -0.4 is 15.5 Å². The molecule has 2 N–H and O–H groups in total. The molecule has 1 atom stereocenters. The molecule has 1 aliphatic carbocycles. The molecular weight excluding hydrogens is 383 g/mol. The first-order valence-electron chi connectivity index (χ1n) is 11.5. The highest BCUT2D eigenvalue weighted by Gasteiger charge is 2.27. The van der Waals surface area contributed by atoms with Crippen molar-refractivity contribution in [2.75, 3.05) is 42.9 Å². The number of nitrogens with zero attached hydrogens (tertiary/aromatic N) is 2. The summed E-state index contributed by atoms with van der Waals surface area (Å²) in [4.78, 5) is 27.8. The Morgan fingerprint density at radius 1 is 1.03 bits per heavy atom. The van der Waals surface area contributed by atoms with Crippen molar-refractivity contribution in [2.24, 2.45) is 5.92 Å². The van der Waals surface area contributed by atoms with Crippen molar-refractivity contribution >= 4 is 23.2 Å². The van der Waals surface area contributed by atoms with Crippen molar-refractivity contribution in [3.05, 3.63) is 24.0 Å². The quantitative estimate of drug-likeness (QED) is 0.698. The van der Waals surface area contributed by atoms with Crippen LogP contribution in [0.4, 0.5) is 15.8 Å². The Balaban J connectivity index is 1.26. The van der Waals surface area contributed by atoms with E-state index >= 15 is 0 Å². The molecule has 1 aromatic carbocycles. The minimum atomic E-state index is -0.499. The lowest BCUT2D eigenvalue weighted by Gasteiger charge is -2.37. The molecule has 2 saturated heterocycles. The zero-order chi connectivity index (χ0) is 20.9. The summed E-state index contributed by atoms with van der Waals surface area (Å²) in [5, 5.41) is 5.36. The number of benzene rings is 1. The molecule has 4 rings (SSSR count). The fraction of sp³-hybridized carbons (Fsp3) is 0.652. The van der Waals surface area contributed by atoms with Gasteiger partial charge in [0.2, 0.25) is 11.8 Å². The molecule has 1 aromatic rings. The molecular formula is C23H33FN4O2. The second-order valence-electron chi connectivity index (χ2n) is 8.94. The molecule has 0 spiro atoms. The van der Waals surface area contributed by atoms with E-state index in [0.717, 1.165) is 38.6 Å². The Hall–Kier alpha value is -2.15. The minimum Gasteiger partial charge on any atom is -0.374 e. The molecule has 0 aromatic heterocycles. The van der Waals surface area contributed by atoms with Gasteiger partial charge in [-0.1, -0.05) is 32.1 Å². The molecule has 2 aliphatic heterocycles. The van der Waals surface area contributed by atoms with Crippen LogP contribution in [0, 0.1) is 11.7 Å². The zero-order valence-corrected chi connectivity index (χ0v) is 17.7. The SMILES string of the molecule is O=C1CCC(Nc2ccc(N3CCN(CCC4CCCCC4)CC3)c(F)c2)C(=O)N1. The third-order valence-electron chi connectivity index (χ3n) is 6.82. The standard InChI is InChI=1S/C23H33FN4O2/c24-19-16-18(25-20-7-9-22(29)26-23(20)30)6-8-21(19)28-14-12-27(13-15-28)11-10-17-4-2-1-3-5-17/h6,8,16-17,20,25H,1-5,7,9-15H2,(H,26,29,30). The Kier molecular flexibility index (Phi) is 6.87. The third-order valence-corrected chi connectivity index (χ3v) is 6.82. The van der Waals surface area contributed by atoms with E-state index in [2.05, 4.69) is 20.4 Å². The molecule has 2 heterocycles. The molecule has 1 saturated carbocycles. The number of halogens is 1. The summed E-state index contributed by atoms with van der Waals surface area (Å²) in [6.45, 7) is 4.78. The van der Waals surface area contributed by atoms with E-state index in [4.69, 9.17) is 0 Å². The Bertz CT molecular complexity index is 758. The van der Waals surface area contributed by atoms with Gasteiger partial charge in [-0.05, 0) is 43.5 Å². The van der Waals surface area contributed by atoms with Crippen LogP contribution >= 0.6 is 0 Å². The van der Waals surface area contributed by atoms with E-state index in [-0.39, 0.29) is 17.6 Å². The topological polar surface area (TPSA) is 64.7 Å². The minimum absolute atomic E-state index is 0.252. The van der Waals surface area contributed by atoms with Gasteiger partial charge in [-0.2, -0.15) is 0 Å². The lowest BCUT2D eigenvalue weighted by atomic mass is 9.87. The van der Waals surface area contributed by atoms with Gasteiger partial charge >= 0.3 is 0 Å². The molecule has 1 unspecified atom stereocenters. The zero-order valence-electron chi connectivity index (χ0n) is 17.7. The van der Waals surface area contributed by atoms with Crippen LogP contribution in [0.15, 0.2) is 18.2 Å². The molecule has 0 radical (unpaired) electrons. The number of amides is 2. The van der Waals surface area contributed by atoms with Gasteiger partial charge in [0.05, 0.1) is 5.69 Å². The Labute approximate surface area is 178 Å². The van der Waals surface area contributed by atoms with Gasteiger partial charge in [-0.25, -0.2) is 4.39 Å². The molecule has 6 nitrogen and oxygen atoms in total. The maximum atomic E-state index is 14.8. The first-order valence-corrected chi connectivity index (χ1v) is 11.5. The van der Waals surface area contributed by atoms with Gasteiger partial charge in [0.1, 0.15) is 11.9 Å². The summed E-state index contributed by atoms with van der Waals surface area (Å²) in [7, 11) is 0. The van der Waals surface area contributed by atoms with Crippen molar-refractivity contribution in [3.63, 3.8) is 0 Å². The fourth-order valence-electron chi connectivity index (χ4n) is 4.94. The summed E-state index contributed by atoms with van der Waals surface area (Å²) in [5.41, 5.74) is 1.19. The Morgan fingerprint density at radius 3 is 2.50 bits per heavy atom. The van der Waals surface area contributed by atoms with E-state index in [1.807, 2.05) is 6.07 Å². The number of piperazine rings is 1. The lowest BCUT2D eigenvalue weighted by molar-refractivity contribution is -0.133. The molecule has 30 heavy (non-hydrogen) atoms. The molecule has 7 heteroatoms. The van der Waals surface area contributed by atoms with Crippen molar-refractivity contribution in [1.29, 1.82) is 0 Å². The number of piperidine rings is 1. The van der Waals surface area contributed by atoms with Crippen LogP contribution in [0.5, 0.6) is 0 Å². The number of hydrogen-bond acceptors (Lipinski definition) is 5. The number of rotatable bonds is 6. The van der Waals surface area contributed by atoms with Crippen molar-refractivity contribution in [1.82, 2.24) is 10.2 Å². The maximum absolute atomic E-state index is 14.8. The lowest BCUT2D eigenvalue weighted by Crippen LogP contribution is -2.47. The van der Waals surface area contributed by atoms with Crippen LogP contribution in [-0.4, -0.2) is 55.5 Å². The highest BCUT2D eigenvalue weighted by Crippen LogP contribution is 2.28.